The fraction of sp³-hybridized carbons (Fsp3) is 0.231. The molecule has 0 bridgehead atoms. The van der Waals surface area contributed by atoms with Crippen molar-refractivity contribution in [2.45, 2.75) is 6.10 Å². The molecule has 1 aromatic carbocycles. The van der Waals surface area contributed by atoms with Crippen molar-refractivity contribution in [1.29, 1.82) is 5.26 Å². The predicted molar refractivity (Wildman–Crippen MR) is 73.0 cm³/mol. The highest BCUT2D eigenvalue weighted by Crippen LogP contribution is 2.24. The van der Waals surface area contributed by atoms with Crippen LogP contribution < -0.4 is 10.1 Å². The van der Waals surface area contributed by atoms with E-state index in [4.69, 9.17) is 14.7 Å². The van der Waals surface area contributed by atoms with Crippen molar-refractivity contribution < 1.29 is 13.9 Å². The van der Waals surface area contributed by atoms with Crippen molar-refractivity contribution in [3.63, 3.8) is 0 Å². The summed E-state index contributed by atoms with van der Waals surface area (Å²) in [5, 5.41) is 24.8. The summed E-state index contributed by atoms with van der Waals surface area (Å²) in [5.41, 5.74) is 0.632. The number of rotatable bonds is 5. The van der Waals surface area contributed by atoms with Gasteiger partial charge in [-0.25, -0.2) is 4.39 Å². The second-order valence-corrected chi connectivity index (χ2v) is 4.47. The van der Waals surface area contributed by atoms with Crippen LogP contribution in [0.2, 0.25) is 0 Å². The van der Waals surface area contributed by atoms with Gasteiger partial charge in [0.25, 0.3) is 0 Å². The first-order valence-corrected chi connectivity index (χ1v) is 6.41. The van der Waals surface area contributed by atoms with E-state index in [1.54, 1.807) is 6.07 Å². The molecule has 1 fully saturated rings. The van der Waals surface area contributed by atoms with Gasteiger partial charge in [0.15, 0.2) is 11.6 Å². The maximum atomic E-state index is 13.9. The summed E-state index contributed by atoms with van der Waals surface area (Å²) >= 11 is 0. The zero-order valence-electron chi connectivity index (χ0n) is 11.3. The Hall–Kier alpha value is -2.99. The van der Waals surface area contributed by atoms with E-state index in [0.717, 1.165) is 0 Å². The maximum Gasteiger partial charge on any atom is 0.216 e. The van der Waals surface area contributed by atoms with Gasteiger partial charge in [0, 0.05) is 18.0 Å². The minimum Gasteiger partial charge on any atom is -0.483 e. The lowest BCUT2D eigenvalue weighted by Crippen LogP contribution is -2.38. The van der Waals surface area contributed by atoms with Gasteiger partial charge in [0.05, 0.1) is 13.2 Å². The smallest absolute Gasteiger partial charge is 0.216 e. The van der Waals surface area contributed by atoms with Crippen LogP contribution in [0.4, 0.5) is 10.1 Å². The van der Waals surface area contributed by atoms with E-state index in [0.29, 0.717) is 18.9 Å². The van der Waals surface area contributed by atoms with Crippen LogP contribution in [0.15, 0.2) is 24.4 Å². The lowest BCUT2D eigenvalue weighted by Gasteiger charge is -2.26. The van der Waals surface area contributed by atoms with Gasteiger partial charge < -0.3 is 14.8 Å². The number of nitrogens with one attached hydrogen (secondary N) is 2. The molecule has 2 N–H and O–H groups in total. The zero-order valence-corrected chi connectivity index (χ0v) is 11.3. The zero-order chi connectivity index (χ0) is 15.4. The number of aromatic nitrogens is 4. The summed E-state index contributed by atoms with van der Waals surface area (Å²) in [6.45, 7) is 0.941. The number of hydrogen-bond donors (Lipinski definition) is 2. The molecule has 2 aromatic rings. The Morgan fingerprint density at radius 2 is 2.41 bits per heavy atom. The van der Waals surface area contributed by atoms with Crippen molar-refractivity contribution in [3.8, 4) is 11.8 Å². The molecule has 9 heteroatoms. The summed E-state index contributed by atoms with van der Waals surface area (Å²) in [6, 6.07) is 6.35. The number of aromatic amines is 1. The molecule has 0 aliphatic carbocycles. The van der Waals surface area contributed by atoms with Crippen molar-refractivity contribution >= 4 is 11.3 Å². The number of halogens is 1. The van der Waals surface area contributed by atoms with Crippen LogP contribution in [-0.4, -0.2) is 39.9 Å². The minimum atomic E-state index is -0.497. The highest BCUT2D eigenvalue weighted by atomic mass is 19.1. The summed E-state index contributed by atoms with van der Waals surface area (Å²) < 4.78 is 24.3. The minimum absolute atomic E-state index is 0.100. The number of ether oxygens (including phenoxy) is 2. The van der Waals surface area contributed by atoms with Crippen LogP contribution in [0.5, 0.6) is 5.75 Å². The number of hydrogen-bond acceptors (Lipinski definition) is 7. The number of anilines is 1. The number of nitrogens with zero attached hydrogens (tertiary/aromatic N) is 4. The van der Waals surface area contributed by atoms with E-state index in [1.807, 2.05) is 6.07 Å². The third kappa shape index (κ3) is 3.02. The van der Waals surface area contributed by atoms with Gasteiger partial charge in [-0.05, 0) is 17.3 Å². The van der Waals surface area contributed by atoms with Crippen LogP contribution in [0, 0.1) is 17.1 Å². The molecule has 8 nitrogen and oxygen atoms in total. The molecule has 1 aliphatic rings. The Kier molecular flexibility index (Phi) is 3.93. The Labute approximate surface area is 124 Å². The molecule has 1 aliphatic heterocycles. The molecular weight excluding hydrogens is 291 g/mol. The standard InChI is InChI=1S/C13H11FN6O2/c14-11-3-9(1-2-12(11)22-10-6-21-7-10)16-5-8(4-15)13-17-19-20-18-13/h1-3,5,10,16H,6-7H2,(H,17,18,19,20). The molecule has 1 aromatic heterocycles. The molecule has 3 rings (SSSR count). The van der Waals surface area contributed by atoms with Crippen molar-refractivity contribution in [2.24, 2.45) is 0 Å². The van der Waals surface area contributed by atoms with Crippen molar-refractivity contribution in [3.05, 3.63) is 36.0 Å². The molecule has 1 saturated heterocycles. The lowest BCUT2D eigenvalue weighted by molar-refractivity contribution is -0.0808. The van der Waals surface area contributed by atoms with Gasteiger partial charge in [0.2, 0.25) is 5.82 Å². The molecule has 0 atom stereocenters. The Morgan fingerprint density at radius 3 is 3.00 bits per heavy atom. The van der Waals surface area contributed by atoms with E-state index in [-0.39, 0.29) is 23.3 Å². The summed E-state index contributed by atoms with van der Waals surface area (Å²) in [6.07, 6.45) is 1.27. The fourth-order valence-electron chi connectivity index (χ4n) is 1.73. The van der Waals surface area contributed by atoms with Crippen LogP contribution in [0.3, 0.4) is 0 Å². The molecule has 2 heterocycles. The van der Waals surface area contributed by atoms with Gasteiger partial charge >= 0.3 is 0 Å². The number of H-pyrrole nitrogens is 1. The van der Waals surface area contributed by atoms with Gasteiger partial charge in [-0.3, -0.25) is 0 Å². The summed E-state index contributed by atoms with van der Waals surface area (Å²) in [4.78, 5) is 0. The largest absolute Gasteiger partial charge is 0.483 e. The van der Waals surface area contributed by atoms with Crippen molar-refractivity contribution in [1.82, 2.24) is 20.6 Å². The fourth-order valence-corrected chi connectivity index (χ4v) is 1.73. The molecule has 0 spiro atoms. The number of benzene rings is 1. The first-order chi connectivity index (χ1) is 10.8. The number of tetrazole rings is 1. The first kappa shape index (κ1) is 14.0. The van der Waals surface area contributed by atoms with Gasteiger partial charge in [-0.2, -0.15) is 10.5 Å². The van der Waals surface area contributed by atoms with E-state index < -0.39 is 5.82 Å². The predicted octanol–water partition coefficient (Wildman–Crippen LogP) is 1.09. The topological polar surface area (TPSA) is 109 Å². The second-order valence-electron chi connectivity index (χ2n) is 4.47. The van der Waals surface area contributed by atoms with Crippen molar-refractivity contribution in [2.75, 3.05) is 18.5 Å². The molecule has 0 amide bonds. The van der Waals surface area contributed by atoms with E-state index in [1.165, 1.54) is 18.3 Å². The average molecular weight is 302 g/mol. The van der Waals surface area contributed by atoms with E-state index >= 15 is 0 Å². The average Bonchev–Trinajstić information content (AvgIpc) is 2.99. The molecule has 112 valence electrons. The number of allylic oxidation sites excluding steroid dienone is 1. The third-order valence-corrected chi connectivity index (χ3v) is 2.92. The highest BCUT2D eigenvalue weighted by molar-refractivity contribution is 5.74. The second kappa shape index (κ2) is 6.19. The quantitative estimate of drug-likeness (QED) is 0.796. The maximum absolute atomic E-state index is 13.9. The van der Waals surface area contributed by atoms with Gasteiger partial charge in [0.1, 0.15) is 17.7 Å². The molecule has 0 unspecified atom stereocenters. The highest BCUT2D eigenvalue weighted by Gasteiger charge is 2.21. The summed E-state index contributed by atoms with van der Waals surface area (Å²) in [7, 11) is 0. The number of nitriles is 1. The molecule has 22 heavy (non-hydrogen) atoms. The first-order valence-electron chi connectivity index (χ1n) is 6.41. The third-order valence-electron chi connectivity index (χ3n) is 2.92. The Morgan fingerprint density at radius 1 is 1.55 bits per heavy atom. The SMILES string of the molecule is N#CC(=CNc1ccc(OC2COC2)c(F)c1)c1nn[nH]n1. The van der Waals surface area contributed by atoms with E-state index in [2.05, 4.69) is 25.9 Å². The molecular formula is C13H11FN6O2. The van der Waals surface area contributed by atoms with Gasteiger partial charge in [-0.1, -0.05) is 0 Å². The van der Waals surface area contributed by atoms with E-state index in [9.17, 15) is 4.39 Å². The summed E-state index contributed by atoms with van der Waals surface area (Å²) in [5.74, 6) is -0.176. The monoisotopic (exact) mass is 302 g/mol. The molecule has 0 saturated carbocycles. The van der Waals surface area contributed by atoms with Crippen LogP contribution in [0.25, 0.3) is 5.57 Å². The van der Waals surface area contributed by atoms with Gasteiger partial charge in [-0.15, -0.1) is 10.2 Å². The molecule has 0 radical (unpaired) electrons. The Balaban J connectivity index is 1.70. The lowest BCUT2D eigenvalue weighted by atomic mass is 10.2. The van der Waals surface area contributed by atoms with Crippen LogP contribution >= 0.6 is 0 Å². The Bertz CT molecular complexity index is 721. The van der Waals surface area contributed by atoms with Crippen LogP contribution in [-0.2, 0) is 4.74 Å². The van der Waals surface area contributed by atoms with Crippen LogP contribution in [0.1, 0.15) is 5.82 Å². The normalized spacial score (nSPS) is 15.0.